The molecule has 0 aliphatic heterocycles. The van der Waals surface area contributed by atoms with Crippen LogP contribution in [0.2, 0.25) is 0 Å². The van der Waals surface area contributed by atoms with Crippen LogP contribution < -0.4 is 21.4 Å². The van der Waals surface area contributed by atoms with E-state index in [9.17, 15) is 8.42 Å². The van der Waals surface area contributed by atoms with E-state index in [1.807, 2.05) is 0 Å². The number of benzene rings is 1. The van der Waals surface area contributed by atoms with Gasteiger partial charge in [0.05, 0.1) is 4.90 Å². The van der Waals surface area contributed by atoms with Crippen molar-refractivity contribution in [3.8, 4) is 5.75 Å². The van der Waals surface area contributed by atoms with Crippen LogP contribution in [0, 0.1) is 0 Å². The van der Waals surface area contributed by atoms with Crippen molar-refractivity contribution in [2.24, 2.45) is 11.7 Å². The fourth-order valence-corrected chi connectivity index (χ4v) is 1.40. The molecule has 0 saturated carbocycles. The number of hydrazine groups is 1. The lowest BCUT2D eigenvalue weighted by atomic mass is 10.3. The van der Waals surface area contributed by atoms with Crippen LogP contribution in [0.15, 0.2) is 29.2 Å². The van der Waals surface area contributed by atoms with Crippen molar-refractivity contribution in [2.45, 2.75) is 4.90 Å². The molecule has 6 nitrogen and oxygen atoms in total. The molecule has 0 heterocycles. The summed E-state index contributed by atoms with van der Waals surface area (Å²) in [6.45, 7) is 0. The van der Waals surface area contributed by atoms with Gasteiger partial charge < -0.3 is 4.84 Å². The molecule has 13 heavy (non-hydrogen) atoms. The summed E-state index contributed by atoms with van der Waals surface area (Å²) in [4.78, 5) is 6.12. The quantitative estimate of drug-likeness (QED) is 0.435. The molecule has 0 aliphatic carbocycles. The van der Waals surface area contributed by atoms with Gasteiger partial charge in [0, 0.05) is 0 Å². The highest BCUT2D eigenvalue weighted by atomic mass is 32.2. The van der Waals surface area contributed by atoms with Gasteiger partial charge in [-0.15, -0.1) is 0 Å². The Bertz CT molecular complexity index is 373. The number of hydrogen-bond donors (Lipinski definition) is 3. The van der Waals surface area contributed by atoms with Crippen molar-refractivity contribution < 1.29 is 13.3 Å². The molecule has 0 aromatic heterocycles. The second-order valence-corrected chi connectivity index (χ2v) is 3.92. The summed E-state index contributed by atoms with van der Waals surface area (Å²) in [6.07, 6.45) is 0. The molecule has 1 aromatic rings. The van der Waals surface area contributed by atoms with E-state index in [-0.39, 0.29) is 4.90 Å². The van der Waals surface area contributed by atoms with E-state index in [0.29, 0.717) is 5.75 Å². The van der Waals surface area contributed by atoms with Gasteiger partial charge in [-0.25, -0.2) is 8.42 Å². The minimum absolute atomic E-state index is 0.0517. The third-order valence-electron chi connectivity index (χ3n) is 1.43. The van der Waals surface area contributed by atoms with Gasteiger partial charge in [0.1, 0.15) is 5.75 Å². The van der Waals surface area contributed by atoms with Gasteiger partial charge in [-0.1, -0.05) is 0 Å². The maximum atomic E-state index is 11.1. The SMILES string of the molecule is NNS(=O)(=O)c1ccc(ON)cc1. The molecule has 0 unspecified atom stereocenters. The second kappa shape index (κ2) is 3.71. The topological polar surface area (TPSA) is 107 Å². The lowest BCUT2D eigenvalue weighted by Gasteiger charge is -2.02. The Morgan fingerprint density at radius 3 is 2.15 bits per heavy atom. The first kappa shape index (κ1) is 9.93. The van der Waals surface area contributed by atoms with Crippen molar-refractivity contribution in [3.63, 3.8) is 0 Å². The highest BCUT2D eigenvalue weighted by Gasteiger charge is 2.10. The molecule has 0 saturated heterocycles. The Hall–Kier alpha value is -1.15. The first-order valence-corrected chi connectivity index (χ1v) is 4.77. The average molecular weight is 203 g/mol. The van der Waals surface area contributed by atoms with Gasteiger partial charge in [-0.05, 0) is 24.3 Å². The third kappa shape index (κ3) is 2.16. The zero-order chi connectivity index (χ0) is 9.90. The van der Waals surface area contributed by atoms with Crippen molar-refractivity contribution >= 4 is 10.0 Å². The second-order valence-electron chi connectivity index (χ2n) is 2.21. The van der Waals surface area contributed by atoms with E-state index in [2.05, 4.69) is 4.84 Å². The summed E-state index contributed by atoms with van der Waals surface area (Å²) in [7, 11) is -3.59. The smallest absolute Gasteiger partial charge is 0.253 e. The molecule has 1 aromatic carbocycles. The van der Waals surface area contributed by atoms with Gasteiger partial charge in [0.2, 0.25) is 0 Å². The van der Waals surface area contributed by atoms with Crippen LogP contribution in [-0.4, -0.2) is 8.42 Å². The predicted molar refractivity (Wildman–Crippen MR) is 45.8 cm³/mol. The molecule has 1 rings (SSSR count). The molecule has 0 atom stereocenters. The standard InChI is InChI=1S/C6H9N3O3S/c7-9-13(10,11)6-3-1-5(12-8)2-4-6/h1-4,9H,7-8H2. The number of nitrogens with two attached hydrogens (primary N) is 2. The molecular weight excluding hydrogens is 194 g/mol. The fraction of sp³-hybridized carbons (Fsp3) is 0. The average Bonchev–Trinajstić information content (AvgIpc) is 2.18. The van der Waals surface area contributed by atoms with E-state index in [0.717, 1.165) is 0 Å². The molecular formula is C6H9N3O3S. The van der Waals surface area contributed by atoms with E-state index in [1.165, 1.54) is 24.3 Å². The van der Waals surface area contributed by atoms with Crippen LogP contribution in [0.5, 0.6) is 5.75 Å². The molecule has 0 radical (unpaired) electrons. The Kier molecular flexibility index (Phi) is 2.83. The monoisotopic (exact) mass is 203 g/mol. The fourth-order valence-electron chi connectivity index (χ4n) is 0.765. The Morgan fingerprint density at radius 1 is 1.23 bits per heavy atom. The van der Waals surface area contributed by atoms with Crippen LogP contribution in [0.3, 0.4) is 0 Å². The highest BCUT2D eigenvalue weighted by Crippen LogP contribution is 2.13. The van der Waals surface area contributed by atoms with E-state index < -0.39 is 10.0 Å². The van der Waals surface area contributed by atoms with Crippen molar-refractivity contribution in [1.29, 1.82) is 0 Å². The molecule has 0 amide bonds. The third-order valence-corrected chi connectivity index (χ3v) is 2.63. The Morgan fingerprint density at radius 2 is 1.77 bits per heavy atom. The van der Waals surface area contributed by atoms with Crippen LogP contribution in [-0.2, 0) is 10.0 Å². The predicted octanol–water partition coefficient (Wildman–Crippen LogP) is -0.909. The van der Waals surface area contributed by atoms with Crippen LogP contribution in [0.4, 0.5) is 0 Å². The summed E-state index contributed by atoms with van der Waals surface area (Å²) in [5, 5.41) is 0. The van der Waals surface area contributed by atoms with E-state index >= 15 is 0 Å². The summed E-state index contributed by atoms with van der Waals surface area (Å²) in [5.74, 6) is 10.0. The maximum absolute atomic E-state index is 11.1. The first-order chi connectivity index (χ1) is 6.10. The number of nitrogens with one attached hydrogen (secondary N) is 1. The van der Waals surface area contributed by atoms with Crippen LogP contribution in [0.1, 0.15) is 0 Å². The zero-order valence-corrected chi connectivity index (χ0v) is 7.41. The minimum Gasteiger partial charge on any atom is -0.412 e. The normalized spacial score (nSPS) is 11.2. The molecule has 5 N–H and O–H groups in total. The highest BCUT2D eigenvalue weighted by molar-refractivity contribution is 7.89. The van der Waals surface area contributed by atoms with E-state index in [1.54, 1.807) is 4.83 Å². The van der Waals surface area contributed by atoms with Gasteiger partial charge in [0.25, 0.3) is 10.0 Å². The zero-order valence-electron chi connectivity index (χ0n) is 6.60. The summed E-state index contributed by atoms with van der Waals surface area (Å²) < 4.78 is 22.2. The molecule has 0 spiro atoms. The number of hydrogen-bond acceptors (Lipinski definition) is 5. The first-order valence-electron chi connectivity index (χ1n) is 3.29. The molecule has 0 bridgehead atoms. The Balaban J connectivity index is 3.06. The largest absolute Gasteiger partial charge is 0.412 e. The number of rotatable bonds is 3. The van der Waals surface area contributed by atoms with Crippen LogP contribution in [0.25, 0.3) is 0 Å². The molecule has 0 aliphatic rings. The summed E-state index contributed by atoms with van der Waals surface area (Å²) >= 11 is 0. The molecule has 72 valence electrons. The van der Waals surface area contributed by atoms with Gasteiger partial charge in [-0.3, -0.25) is 5.84 Å². The van der Waals surface area contributed by atoms with Gasteiger partial charge >= 0.3 is 0 Å². The van der Waals surface area contributed by atoms with Crippen LogP contribution >= 0.6 is 0 Å². The lowest BCUT2D eigenvalue weighted by molar-refractivity contribution is 0.334. The molecule has 0 fully saturated rings. The summed E-state index contributed by atoms with van der Waals surface area (Å²) in [5.41, 5.74) is 0. The van der Waals surface area contributed by atoms with E-state index in [4.69, 9.17) is 11.7 Å². The van der Waals surface area contributed by atoms with Crippen molar-refractivity contribution in [3.05, 3.63) is 24.3 Å². The van der Waals surface area contributed by atoms with Gasteiger partial charge in [-0.2, -0.15) is 10.7 Å². The van der Waals surface area contributed by atoms with Crippen molar-refractivity contribution in [2.75, 3.05) is 0 Å². The van der Waals surface area contributed by atoms with Crippen molar-refractivity contribution in [1.82, 2.24) is 4.83 Å². The lowest BCUT2D eigenvalue weighted by Crippen LogP contribution is -2.30. The van der Waals surface area contributed by atoms with Gasteiger partial charge in [0.15, 0.2) is 0 Å². The summed E-state index contributed by atoms with van der Waals surface area (Å²) in [6, 6.07) is 5.50. The minimum atomic E-state index is -3.59. The Labute approximate surface area is 75.5 Å². The maximum Gasteiger partial charge on any atom is 0.253 e. The molecule has 7 heteroatoms. The number of sulfonamides is 1.